The van der Waals surface area contributed by atoms with Crippen LogP contribution in [0.3, 0.4) is 0 Å². The maximum atomic E-state index is 11.8. The molecule has 1 fully saturated rings. The minimum Gasteiger partial charge on any atom is -0.471 e. The number of pyridine rings is 2. The highest BCUT2D eigenvalue weighted by atomic mass is 32.2. The van der Waals surface area contributed by atoms with Gasteiger partial charge < -0.3 is 9.64 Å². The highest BCUT2D eigenvalue weighted by Crippen LogP contribution is 2.26. The predicted molar refractivity (Wildman–Crippen MR) is 113 cm³/mol. The van der Waals surface area contributed by atoms with Gasteiger partial charge in [-0.15, -0.1) is 0 Å². The lowest BCUT2D eigenvalue weighted by Crippen LogP contribution is -2.34. The SMILES string of the molecule is CC(Oc1ccc2cc(CC3SC(=O)NC3=O)cnc2c1)N(C)c1ccccn1. The van der Waals surface area contributed by atoms with E-state index in [9.17, 15) is 9.59 Å². The zero-order valence-electron chi connectivity index (χ0n) is 16.0. The number of aromatic nitrogens is 2. The number of rotatable bonds is 6. The van der Waals surface area contributed by atoms with Crippen LogP contribution in [-0.4, -0.2) is 39.6 Å². The molecule has 3 heterocycles. The fourth-order valence-electron chi connectivity index (χ4n) is 3.10. The Hall–Kier alpha value is -3.13. The van der Waals surface area contributed by atoms with Crippen molar-refractivity contribution in [2.75, 3.05) is 11.9 Å². The molecule has 0 aliphatic carbocycles. The summed E-state index contributed by atoms with van der Waals surface area (Å²) in [7, 11) is 1.93. The number of fused-ring (bicyclic) bond motifs is 1. The molecule has 1 aromatic carbocycles. The summed E-state index contributed by atoms with van der Waals surface area (Å²) in [5.41, 5.74) is 1.72. The van der Waals surface area contributed by atoms with Crippen LogP contribution >= 0.6 is 11.8 Å². The van der Waals surface area contributed by atoms with Gasteiger partial charge in [0.15, 0.2) is 6.23 Å². The van der Waals surface area contributed by atoms with Crippen molar-refractivity contribution in [3.05, 3.63) is 60.4 Å². The molecule has 0 saturated carbocycles. The Labute approximate surface area is 172 Å². The van der Waals surface area contributed by atoms with Crippen molar-refractivity contribution in [1.82, 2.24) is 15.3 Å². The number of carbonyl (C=O) groups is 2. The van der Waals surface area contributed by atoms with E-state index in [4.69, 9.17) is 4.74 Å². The fraction of sp³-hybridized carbons (Fsp3) is 0.238. The Morgan fingerprint density at radius 2 is 2.07 bits per heavy atom. The second kappa shape index (κ2) is 8.08. The number of benzene rings is 1. The van der Waals surface area contributed by atoms with E-state index in [0.29, 0.717) is 12.2 Å². The van der Waals surface area contributed by atoms with Crippen molar-refractivity contribution in [1.29, 1.82) is 0 Å². The van der Waals surface area contributed by atoms with Gasteiger partial charge in [0.1, 0.15) is 11.6 Å². The highest BCUT2D eigenvalue weighted by molar-refractivity contribution is 8.15. The average Bonchev–Trinajstić information content (AvgIpc) is 3.04. The molecule has 29 heavy (non-hydrogen) atoms. The van der Waals surface area contributed by atoms with Gasteiger partial charge in [0.05, 0.1) is 10.8 Å². The van der Waals surface area contributed by atoms with Crippen molar-refractivity contribution < 1.29 is 14.3 Å². The second-order valence-electron chi connectivity index (χ2n) is 6.80. The number of nitrogens with one attached hydrogen (secondary N) is 1. The number of nitrogens with zero attached hydrogens (tertiary/aromatic N) is 3. The number of hydrogen-bond donors (Lipinski definition) is 1. The van der Waals surface area contributed by atoms with Crippen molar-refractivity contribution in [2.24, 2.45) is 0 Å². The summed E-state index contributed by atoms with van der Waals surface area (Å²) in [5, 5.41) is 2.58. The van der Waals surface area contributed by atoms with Gasteiger partial charge in [-0.2, -0.15) is 0 Å². The van der Waals surface area contributed by atoms with Crippen LogP contribution in [0.15, 0.2) is 54.9 Å². The van der Waals surface area contributed by atoms with E-state index in [2.05, 4.69) is 15.3 Å². The van der Waals surface area contributed by atoms with E-state index in [0.717, 1.165) is 34.0 Å². The number of carbonyl (C=O) groups excluding carboxylic acids is 2. The topological polar surface area (TPSA) is 84.4 Å². The van der Waals surface area contributed by atoms with Crippen LogP contribution in [0, 0.1) is 0 Å². The van der Waals surface area contributed by atoms with Crippen molar-refractivity contribution in [3.63, 3.8) is 0 Å². The Morgan fingerprint density at radius 1 is 1.21 bits per heavy atom. The first-order chi connectivity index (χ1) is 14.0. The lowest BCUT2D eigenvalue weighted by molar-refractivity contribution is -0.118. The summed E-state index contributed by atoms with van der Waals surface area (Å²) in [6.45, 7) is 1.96. The third kappa shape index (κ3) is 4.32. The molecule has 8 heteroatoms. The van der Waals surface area contributed by atoms with Gasteiger partial charge in [-0.1, -0.05) is 17.8 Å². The van der Waals surface area contributed by atoms with Gasteiger partial charge in [0.25, 0.3) is 5.24 Å². The molecular weight excluding hydrogens is 388 g/mol. The smallest absolute Gasteiger partial charge is 0.286 e. The molecule has 0 spiro atoms. The van der Waals surface area contributed by atoms with E-state index in [1.54, 1.807) is 12.4 Å². The molecule has 0 bridgehead atoms. The molecule has 1 aliphatic rings. The van der Waals surface area contributed by atoms with Crippen LogP contribution in [0.5, 0.6) is 5.75 Å². The Balaban J connectivity index is 1.47. The van der Waals surface area contributed by atoms with Crippen LogP contribution in [0.1, 0.15) is 12.5 Å². The Morgan fingerprint density at radius 3 is 2.79 bits per heavy atom. The molecule has 1 N–H and O–H groups in total. The largest absolute Gasteiger partial charge is 0.471 e. The maximum Gasteiger partial charge on any atom is 0.286 e. The van der Waals surface area contributed by atoms with Crippen molar-refractivity contribution >= 4 is 39.6 Å². The molecule has 2 amide bonds. The first-order valence-corrected chi connectivity index (χ1v) is 10.1. The summed E-state index contributed by atoms with van der Waals surface area (Å²) in [5.74, 6) is 1.30. The predicted octanol–water partition coefficient (Wildman–Crippen LogP) is 3.39. The molecule has 1 aliphatic heterocycles. The summed E-state index contributed by atoms with van der Waals surface area (Å²) in [4.78, 5) is 33.9. The van der Waals surface area contributed by atoms with Crippen LogP contribution < -0.4 is 15.0 Å². The van der Waals surface area contributed by atoms with Gasteiger partial charge >= 0.3 is 0 Å². The molecule has 2 unspecified atom stereocenters. The van der Waals surface area contributed by atoms with Crippen molar-refractivity contribution in [2.45, 2.75) is 24.8 Å². The lowest BCUT2D eigenvalue weighted by atomic mass is 10.1. The Kier molecular flexibility index (Phi) is 5.35. The fourth-order valence-corrected chi connectivity index (χ4v) is 3.96. The standard InChI is InChI=1S/C21H20N4O3S/c1-13(25(2)19-5-3-4-8-22-19)28-16-7-6-15-9-14(12-23-17(15)11-16)10-18-20(26)24-21(27)29-18/h3-9,11-13,18H,10H2,1-2H3,(H,24,26,27). The van der Waals surface area contributed by atoms with Crippen LogP contribution in [0.2, 0.25) is 0 Å². The molecule has 3 aromatic rings. The highest BCUT2D eigenvalue weighted by Gasteiger charge is 2.31. The number of anilines is 1. The summed E-state index contributed by atoms with van der Waals surface area (Å²) in [6.07, 6.45) is 3.75. The van der Waals surface area contributed by atoms with Crippen LogP contribution in [0.4, 0.5) is 10.6 Å². The van der Waals surface area contributed by atoms with E-state index >= 15 is 0 Å². The van der Waals surface area contributed by atoms with E-state index in [1.807, 2.05) is 61.3 Å². The lowest BCUT2D eigenvalue weighted by Gasteiger charge is -2.26. The van der Waals surface area contributed by atoms with E-state index in [1.165, 1.54) is 0 Å². The third-order valence-electron chi connectivity index (χ3n) is 4.76. The minimum absolute atomic E-state index is 0.211. The van der Waals surface area contributed by atoms with Crippen LogP contribution in [0.25, 0.3) is 10.9 Å². The molecule has 7 nitrogen and oxygen atoms in total. The van der Waals surface area contributed by atoms with E-state index < -0.39 is 5.25 Å². The average molecular weight is 408 g/mol. The van der Waals surface area contributed by atoms with E-state index in [-0.39, 0.29) is 17.4 Å². The zero-order chi connectivity index (χ0) is 20.4. The number of imide groups is 1. The quantitative estimate of drug-likeness (QED) is 0.626. The second-order valence-corrected chi connectivity index (χ2v) is 7.98. The molecule has 148 valence electrons. The number of amides is 2. The monoisotopic (exact) mass is 408 g/mol. The molecule has 2 atom stereocenters. The molecule has 1 saturated heterocycles. The summed E-state index contributed by atoms with van der Waals surface area (Å²) in [6, 6.07) is 13.5. The van der Waals surface area contributed by atoms with Crippen LogP contribution in [-0.2, 0) is 11.2 Å². The van der Waals surface area contributed by atoms with Gasteiger partial charge in [0.2, 0.25) is 5.91 Å². The summed E-state index contributed by atoms with van der Waals surface area (Å²) >= 11 is 1.03. The van der Waals surface area contributed by atoms with Crippen molar-refractivity contribution in [3.8, 4) is 5.75 Å². The van der Waals surface area contributed by atoms with Gasteiger partial charge in [-0.25, -0.2) is 4.98 Å². The Bertz CT molecular complexity index is 1060. The summed E-state index contributed by atoms with van der Waals surface area (Å²) < 4.78 is 6.05. The molecular formula is C21H20N4O3S. The van der Waals surface area contributed by atoms with Gasteiger partial charge in [-0.3, -0.25) is 19.9 Å². The minimum atomic E-state index is -0.396. The number of ether oxygens (including phenoxy) is 1. The van der Waals surface area contributed by atoms with Gasteiger partial charge in [0, 0.05) is 30.9 Å². The number of hydrogen-bond acceptors (Lipinski definition) is 7. The maximum absolute atomic E-state index is 11.8. The first kappa shape index (κ1) is 19.2. The molecule has 4 rings (SSSR count). The van der Waals surface area contributed by atoms with Gasteiger partial charge in [-0.05, 0) is 49.2 Å². The normalized spacial score (nSPS) is 17.2. The molecule has 0 radical (unpaired) electrons. The third-order valence-corrected chi connectivity index (χ3v) is 5.74. The number of thioether (sulfide) groups is 1. The molecule has 2 aromatic heterocycles. The first-order valence-electron chi connectivity index (χ1n) is 9.20. The zero-order valence-corrected chi connectivity index (χ0v) is 16.8.